The van der Waals surface area contributed by atoms with E-state index in [1.54, 1.807) is 0 Å². The summed E-state index contributed by atoms with van der Waals surface area (Å²) in [6.07, 6.45) is 12.7. The summed E-state index contributed by atoms with van der Waals surface area (Å²) in [6, 6.07) is 0. The summed E-state index contributed by atoms with van der Waals surface area (Å²) in [5, 5.41) is 7.08. The highest BCUT2D eigenvalue weighted by Crippen LogP contribution is 2.41. The van der Waals surface area contributed by atoms with E-state index in [0.29, 0.717) is 0 Å². The summed E-state index contributed by atoms with van der Waals surface area (Å²) in [6.45, 7) is 6.39. The minimum absolute atomic E-state index is 0.929. The summed E-state index contributed by atoms with van der Waals surface area (Å²) in [4.78, 5) is 0. The Balaban J connectivity index is 2.19. The van der Waals surface area contributed by atoms with E-state index in [-0.39, 0.29) is 0 Å². The van der Waals surface area contributed by atoms with E-state index < -0.39 is 0 Å². The molecule has 0 bridgehead atoms. The molecule has 1 aromatic carbocycles. The molecule has 2 aliphatic rings. The van der Waals surface area contributed by atoms with Crippen molar-refractivity contribution in [3.05, 3.63) is 34.4 Å². The van der Waals surface area contributed by atoms with Gasteiger partial charge in [0, 0.05) is 24.2 Å². The molecule has 2 nitrogen and oxygen atoms in total. The number of hydrogen-bond donors (Lipinski definition) is 2. The van der Waals surface area contributed by atoms with Crippen LogP contribution in [0, 0.1) is 6.92 Å². The van der Waals surface area contributed by atoms with Gasteiger partial charge in [0.15, 0.2) is 0 Å². The molecular formula is C17H22N2. The topological polar surface area (TPSA) is 24.1 Å². The maximum absolute atomic E-state index is 3.55. The molecule has 0 amide bonds. The van der Waals surface area contributed by atoms with E-state index >= 15 is 0 Å². The first kappa shape index (κ1) is 12.3. The van der Waals surface area contributed by atoms with E-state index in [1.807, 2.05) is 0 Å². The Kier molecular flexibility index (Phi) is 3.33. The van der Waals surface area contributed by atoms with E-state index in [4.69, 9.17) is 0 Å². The molecule has 2 heterocycles. The monoisotopic (exact) mass is 254 g/mol. The Morgan fingerprint density at radius 1 is 1.00 bits per heavy atom. The fourth-order valence-corrected chi connectivity index (χ4v) is 3.08. The van der Waals surface area contributed by atoms with Crippen molar-refractivity contribution in [1.82, 2.24) is 0 Å². The minimum Gasteiger partial charge on any atom is -0.379 e. The number of rotatable bonds is 3. The first-order chi connectivity index (χ1) is 9.33. The van der Waals surface area contributed by atoms with Gasteiger partial charge >= 0.3 is 0 Å². The Morgan fingerprint density at radius 2 is 1.63 bits per heavy atom. The molecule has 0 aromatic heterocycles. The van der Waals surface area contributed by atoms with Gasteiger partial charge in [0.25, 0.3) is 0 Å². The van der Waals surface area contributed by atoms with Crippen LogP contribution in [0.4, 0.5) is 11.4 Å². The molecule has 100 valence electrons. The SMILES string of the molecule is CCCCc1c(C)c2c(c3c1C=CCN3)NCC=C2. The Labute approximate surface area is 115 Å². The van der Waals surface area contributed by atoms with Crippen LogP contribution >= 0.6 is 0 Å². The fraction of sp³-hybridized carbons (Fsp3) is 0.412. The smallest absolute Gasteiger partial charge is 0.0661 e. The molecule has 0 saturated carbocycles. The quantitative estimate of drug-likeness (QED) is 0.844. The molecule has 0 radical (unpaired) electrons. The molecule has 0 spiro atoms. The molecule has 2 aliphatic heterocycles. The number of benzene rings is 1. The summed E-state index contributed by atoms with van der Waals surface area (Å²) < 4.78 is 0. The molecule has 1 aromatic rings. The Morgan fingerprint density at radius 3 is 2.32 bits per heavy atom. The number of hydrogen-bond acceptors (Lipinski definition) is 2. The molecule has 2 N–H and O–H groups in total. The van der Waals surface area contributed by atoms with Crippen LogP contribution < -0.4 is 10.6 Å². The maximum atomic E-state index is 3.55. The van der Waals surface area contributed by atoms with Crippen LogP contribution in [-0.4, -0.2) is 13.1 Å². The third kappa shape index (κ3) is 2.05. The van der Waals surface area contributed by atoms with Crippen LogP contribution in [0.1, 0.15) is 42.0 Å². The molecule has 0 aliphatic carbocycles. The van der Waals surface area contributed by atoms with Gasteiger partial charge in [-0.1, -0.05) is 37.6 Å². The number of unbranched alkanes of at least 4 members (excludes halogenated alkanes) is 1. The van der Waals surface area contributed by atoms with Crippen LogP contribution in [0.2, 0.25) is 0 Å². The first-order valence-electron chi connectivity index (χ1n) is 7.33. The van der Waals surface area contributed by atoms with Gasteiger partial charge in [0.2, 0.25) is 0 Å². The third-order valence-corrected chi connectivity index (χ3v) is 4.11. The summed E-state index contributed by atoms with van der Waals surface area (Å²) in [5.74, 6) is 0. The van der Waals surface area contributed by atoms with Crippen LogP contribution in [0.15, 0.2) is 12.2 Å². The van der Waals surface area contributed by atoms with Crippen molar-refractivity contribution < 1.29 is 0 Å². The molecule has 0 fully saturated rings. The average Bonchev–Trinajstić information content (AvgIpc) is 2.47. The second kappa shape index (κ2) is 5.12. The molecular weight excluding hydrogens is 232 g/mol. The first-order valence-corrected chi connectivity index (χ1v) is 7.33. The largest absolute Gasteiger partial charge is 0.379 e. The standard InChI is InChI=1S/C17H22N2/c1-3-4-7-13-12(2)14-8-5-10-18-16(14)17-15(13)9-6-11-19-17/h5-6,8-9,18-19H,3-4,7,10-11H2,1-2H3. The zero-order chi connectivity index (χ0) is 13.2. The van der Waals surface area contributed by atoms with E-state index in [2.05, 4.69) is 48.8 Å². The van der Waals surface area contributed by atoms with Gasteiger partial charge in [-0.25, -0.2) is 0 Å². The predicted molar refractivity (Wildman–Crippen MR) is 84.8 cm³/mol. The van der Waals surface area contributed by atoms with E-state index in [9.17, 15) is 0 Å². The fourth-order valence-electron chi connectivity index (χ4n) is 3.08. The summed E-state index contributed by atoms with van der Waals surface area (Å²) >= 11 is 0. The molecule has 19 heavy (non-hydrogen) atoms. The number of anilines is 2. The lowest BCUT2D eigenvalue weighted by molar-refractivity contribution is 0.790. The number of fused-ring (bicyclic) bond motifs is 3. The van der Waals surface area contributed by atoms with Crippen molar-refractivity contribution in [2.75, 3.05) is 23.7 Å². The lowest BCUT2D eigenvalue weighted by Gasteiger charge is -2.27. The Bertz CT molecular complexity index is 553. The second-order valence-electron chi connectivity index (χ2n) is 5.35. The maximum Gasteiger partial charge on any atom is 0.0661 e. The van der Waals surface area contributed by atoms with Crippen molar-refractivity contribution in [2.24, 2.45) is 0 Å². The highest BCUT2D eigenvalue weighted by Gasteiger charge is 2.21. The van der Waals surface area contributed by atoms with Crippen molar-refractivity contribution in [1.29, 1.82) is 0 Å². The summed E-state index contributed by atoms with van der Waals surface area (Å²) in [7, 11) is 0. The van der Waals surface area contributed by atoms with Crippen molar-refractivity contribution in [2.45, 2.75) is 33.1 Å². The van der Waals surface area contributed by atoms with Gasteiger partial charge in [-0.05, 0) is 30.9 Å². The van der Waals surface area contributed by atoms with Gasteiger partial charge < -0.3 is 10.6 Å². The lowest BCUT2D eigenvalue weighted by atomic mass is 9.88. The van der Waals surface area contributed by atoms with Gasteiger partial charge in [-0.2, -0.15) is 0 Å². The van der Waals surface area contributed by atoms with Crippen molar-refractivity contribution in [3.8, 4) is 0 Å². The second-order valence-corrected chi connectivity index (χ2v) is 5.35. The zero-order valence-corrected chi connectivity index (χ0v) is 11.8. The van der Waals surface area contributed by atoms with Crippen LogP contribution in [-0.2, 0) is 6.42 Å². The molecule has 2 heteroatoms. The van der Waals surface area contributed by atoms with E-state index in [1.165, 1.54) is 52.9 Å². The van der Waals surface area contributed by atoms with Crippen LogP contribution in [0.3, 0.4) is 0 Å². The number of nitrogens with one attached hydrogen (secondary N) is 2. The predicted octanol–water partition coefficient (Wildman–Crippen LogP) is 4.22. The van der Waals surface area contributed by atoms with Gasteiger partial charge in [-0.3, -0.25) is 0 Å². The average molecular weight is 254 g/mol. The molecule has 0 unspecified atom stereocenters. The van der Waals surface area contributed by atoms with Gasteiger partial charge in [0.05, 0.1) is 11.4 Å². The van der Waals surface area contributed by atoms with Gasteiger partial charge in [0.1, 0.15) is 0 Å². The molecule has 0 saturated heterocycles. The minimum atomic E-state index is 0.929. The Hall–Kier alpha value is -1.70. The van der Waals surface area contributed by atoms with E-state index in [0.717, 1.165) is 13.1 Å². The van der Waals surface area contributed by atoms with Crippen LogP contribution in [0.5, 0.6) is 0 Å². The van der Waals surface area contributed by atoms with Crippen LogP contribution in [0.25, 0.3) is 12.2 Å². The van der Waals surface area contributed by atoms with Crippen molar-refractivity contribution in [3.63, 3.8) is 0 Å². The highest BCUT2D eigenvalue weighted by molar-refractivity contribution is 5.92. The highest BCUT2D eigenvalue weighted by atomic mass is 15.0. The normalized spacial score (nSPS) is 15.5. The zero-order valence-electron chi connectivity index (χ0n) is 11.8. The lowest BCUT2D eigenvalue weighted by Crippen LogP contribution is -2.16. The summed E-state index contributed by atoms with van der Waals surface area (Å²) in [5.41, 5.74) is 8.34. The molecule has 3 rings (SSSR count). The van der Waals surface area contributed by atoms with Crippen molar-refractivity contribution >= 4 is 23.5 Å². The van der Waals surface area contributed by atoms with Gasteiger partial charge in [-0.15, -0.1) is 0 Å². The third-order valence-electron chi connectivity index (χ3n) is 4.11. The molecule has 0 atom stereocenters.